The summed E-state index contributed by atoms with van der Waals surface area (Å²) in [4.78, 5) is 34.7. The van der Waals surface area contributed by atoms with E-state index in [4.69, 9.17) is 0 Å². The van der Waals surface area contributed by atoms with Crippen LogP contribution in [0.2, 0.25) is 0 Å². The summed E-state index contributed by atoms with van der Waals surface area (Å²) in [5.41, 5.74) is 4.12. The van der Waals surface area contributed by atoms with Crippen LogP contribution in [0.1, 0.15) is 20.7 Å². The second-order valence-corrected chi connectivity index (χ2v) is 8.44. The highest BCUT2D eigenvalue weighted by molar-refractivity contribution is 6.12. The van der Waals surface area contributed by atoms with Gasteiger partial charge in [-0.2, -0.15) is 0 Å². The third kappa shape index (κ3) is 4.01. The average molecular weight is 469 g/mol. The lowest BCUT2D eigenvalue weighted by molar-refractivity contribution is 0.101. The van der Waals surface area contributed by atoms with E-state index in [0.29, 0.717) is 22.5 Å². The highest BCUT2D eigenvalue weighted by Gasteiger charge is 2.12. The summed E-state index contributed by atoms with van der Waals surface area (Å²) in [6.07, 6.45) is 3.45. The Morgan fingerprint density at radius 2 is 1.00 bits per heavy atom. The molecule has 6 rings (SSSR count). The average Bonchev–Trinajstić information content (AvgIpc) is 2.93. The number of aromatic nitrogens is 2. The van der Waals surface area contributed by atoms with Gasteiger partial charge in [-0.25, -0.2) is 0 Å². The van der Waals surface area contributed by atoms with Gasteiger partial charge in [-0.3, -0.25) is 19.6 Å². The third-order valence-corrected chi connectivity index (χ3v) is 6.15. The second kappa shape index (κ2) is 8.92. The number of anilines is 2. The van der Waals surface area contributed by atoms with Gasteiger partial charge >= 0.3 is 0 Å². The van der Waals surface area contributed by atoms with Gasteiger partial charge < -0.3 is 10.6 Å². The molecule has 0 saturated heterocycles. The van der Waals surface area contributed by atoms with Crippen LogP contribution in [0.25, 0.3) is 32.6 Å². The molecule has 0 bridgehead atoms. The van der Waals surface area contributed by atoms with Crippen LogP contribution in [0.3, 0.4) is 0 Å². The van der Waals surface area contributed by atoms with Crippen molar-refractivity contribution in [1.82, 2.24) is 9.97 Å². The van der Waals surface area contributed by atoms with Crippen LogP contribution in [0, 0.1) is 0 Å². The molecule has 0 atom stereocenters. The molecule has 2 N–H and O–H groups in total. The van der Waals surface area contributed by atoms with Crippen molar-refractivity contribution in [3.05, 3.63) is 121 Å². The first-order chi connectivity index (χ1) is 17.7. The largest absolute Gasteiger partial charge is 0.321 e. The minimum absolute atomic E-state index is 0.209. The number of carbonyl (C=O) groups excluding carboxylic acids is 2. The standard InChI is InChI=1S/C30H20N4O2/c35-29(33-27-9-1-7-25-23(27)5-3-15-31-25)21-13-11-20-18-22(14-12-19(20)17-21)30(36)34-28-10-2-8-26-24(28)6-4-16-32-26/h1-18H,(H,33,35)(H,34,36). The highest BCUT2D eigenvalue weighted by Crippen LogP contribution is 2.25. The number of carbonyl (C=O) groups is 2. The van der Waals surface area contributed by atoms with E-state index in [2.05, 4.69) is 20.6 Å². The van der Waals surface area contributed by atoms with E-state index in [0.717, 1.165) is 32.6 Å². The molecule has 0 unspecified atom stereocenters. The third-order valence-electron chi connectivity index (χ3n) is 6.15. The van der Waals surface area contributed by atoms with E-state index >= 15 is 0 Å². The Balaban J connectivity index is 1.24. The minimum Gasteiger partial charge on any atom is -0.321 e. The molecular formula is C30H20N4O2. The van der Waals surface area contributed by atoms with Gasteiger partial charge in [0, 0.05) is 34.3 Å². The molecule has 0 aliphatic rings. The Morgan fingerprint density at radius 3 is 1.47 bits per heavy atom. The summed E-state index contributed by atoms with van der Waals surface area (Å²) in [6, 6.07) is 29.7. The molecule has 2 amide bonds. The minimum atomic E-state index is -0.209. The van der Waals surface area contributed by atoms with Crippen LogP contribution >= 0.6 is 0 Å². The Kier molecular flexibility index (Phi) is 5.31. The molecule has 0 spiro atoms. The van der Waals surface area contributed by atoms with E-state index < -0.39 is 0 Å². The predicted molar refractivity (Wildman–Crippen MR) is 143 cm³/mol. The number of benzene rings is 4. The lowest BCUT2D eigenvalue weighted by atomic mass is 10.0. The quantitative estimate of drug-likeness (QED) is 0.312. The summed E-state index contributed by atoms with van der Waals surface area (Å²) in [5, 5.41) is 9.48. The molecule has 6 aromatic rings. The monoisotopic (exact) mass is 468 g/mol. The van der Waals surface area contributed by atoms with Crippen molar-refractivity contribution in [1.29, 1.82) is 0 Å². The number of hydrogen-bond donors (Lipinski definition) is 2. The summed E-state index contributed by atoms with van der Waals surface area (Å²) in [7, 11) is 0. The molecular weight excluding hydrogens is 448 g/mol. The fourth-order valence-electron chi connectivity index (χ4n) is 4.34. The Bertz CT molecular complexity index is 1650. The van der Waals surface area contributed by atoms with Crippen molar-refractivity contribution < 1.29 is 9.59 Å². The second-order valence-electron chi connectivity index (χ2n) is 8.44. The highest BCUT2D eigenvalue weighted by atomic mass is 16.2. The van der Waals surface area contributed by atoms with Crippen molar-refractivity contribution >= 4 is 55.8 Å². The maximum atomic E-state index is 13.0. The van der Waals surface area contributed by atoms with Gasteiger partial charge in [0.25, 0.3) is 11.8 Å². The summed E-state index contributed by atoms with van der Waals surface area (Å²) in [5.74, 6) is -0.417. The molecule has 6 nitrogen and oxygen atoms in total. The number of rotatable bonds is 4. The van der Waals surface area contributed by atoms with Crippen molar-refractivity contribution in [2.24, 2.45) is 0 Å². The smallest absolute Gasteiger partial charge is 0.255 e. The topological polar surface area (TPSA) is 84.0 Å². The number of hydrogen-bond acceptors (Lipinski definition) is 4. The summed E-state index contributed by atoms with van der Waals surface area (Å²) in [6.45, 7) is 0. The van der Waals surface area contributed by atoms with Gasteiger partial charge in [-0.15, -0.1) is 0 Å². The van der Waals surface area contributed by atoms with Crippen LogP contribution in [-0.4, -0.2) is 21.8 Å². The van der Waals surface area contributed by atoms with E-state index in [1.54, 1.807) is 24.5 Å². The molecule has 0 fully saturated rings. The van der Waals surface area contributed by atoms with Crippen LogP contribution < -0.4 is 10.6 Å². The Hall–Kier alpha value is -5.10. The molecule has 6 heteroatoms. The summed E-state index contributed by atoms with van der Waals surface area (Å²) < 4.78 is 0. The number of fused-ring (bicyclic) bond motifs is 3. The van der Waals surface area contributed by atoms with Gasteiger partial charge in [0.2, 0.25) is 0 Å². The van der Waals surface area contributed by atoms with Gasteiger partial charge in [-0.1, -0.05) is 24.3 Å². The van der Waals surface area contributed by atoms with Crippen LogP contribution in [0.5, 0.6) is 0 Å². The van der Waals surface area contributed by atoms with Gasteiger partial charge in [0.15, 0.2) is 0 Å². The van der Waals surface area contributed by atoms with Gasteiger partial charge in [0.1, 0.15) is 0 Å². The zero-order valence-electron chi connectivity index (χ0n) is 19.1. The molecule has 36 heavy (non-hydrogen) atoms. The lowest BCUT2D eigenvalue weighted by Crippen LogP contribution is -2.13. The van der Waals surface area contributed by atoms with E-state index in [1.807, 2.05) is 84.9 Å². The normalized spacial score (nSPS) is 11.0. The van der Waals surface area contributed by atoms with Gasteiger partial charge in [0.05, 0.1) is 22.4 Å². The first-order valence-electron chi connectivity index (χ1n) is 11.5. The fourth-order valence-corrected chi connectivity index (χ4v) is 4.34. The molecule has 2 heterocycles. The van der Waals surface area contributed by atoms with Crippen molar-refractivity contribution in [3.8, 4) is 0 Å². The molecule has 0 saturated carbocycles. The molecule has 172 valence electrons. The zero-order chi connectivity index (χ0) is 24.5. The van der Waals surface area contributed by atoms with Gasteiger partial charge in [-0.05, 0) is 83.6 Å². The van der Waals surface area contributed by atoms with Crippen LogP contribution in [0.15, 0.2) is 109 Å². The molecule has 0 radical (unpaired) electrons. The van der Waals surface area contributed by atoms with E-state index in [-0.39, 0.29) is 11.8 Å². The van der Waals surface area contributed by atoms with E-state index in [9.17, 15) is 9.59 Å². The maximum Gasteiger partial charge on any atom is 0.255 e. The first-order valence-corrected chi connectivity index (χ1v) is 11.5. The zero-order valence-corrected chi connectivity index (χ0v) is 19.1. The lowest BCUT2D eigenvalue weighted by Gasteiger charge is -2.10. The fraction of sp³-hybridized carbons (Fsp3) is 0. The number of amides is 2. The Morgan fingerprint density at radius 1 is 0.528 bits per heavy atom. The van der Waals surface area contributed by atoms with Crippen LogP contribution in [-0.2, 0) is 0 Å². The molecule has 0 aliphatic carbocycles. The van der Waals surface area contributed by atoms with Crippen molar-refractivity contribution in [2.75, 3.05) is 10.6 Å². The molecule has 0 aliphatic heterocycles. The summed E-state index contributed by atoms with van der Waals surface area (Å²) >= 11 is 0. The SMILES string of the molecule is O=C(Nc1cccc2ncccc12)c1ccc2cc(C(=O)Nc3cccc4ncccc34)ccc2c1. The Labute approximate surface area is 206 Å². The maximum absolute atomic E-state index is 13.0. The van der Waals surface area contributed by atoms with Crippen molar-refractivity contribution in [3.63, 3.8) is 0 Å². The number of pyridine rings is 2. The number of nitrogens with zero attached hydrogens (tertiary/aromatic N) is 2. The number of nitrogens with one attached hydrogen (secondary N) is 2. The van der Waals surface area contributed by atoms with E-state index in [1.165, 1.54) is 0 Å². The first kappa shape index (κ1) is 21.4. The predicted octanol–water partition coefficient (Wildman–Crippen LogP) is 6.44. The van der Waals surface area contributed by atoms with Crippen LogP contribution in [0.4, 0.5) is 11.4 Å². The van der Waals surface area contributed by atoms with Crippen molar-refractivity contribution in [2.45, 2.75) is 0 Å². The molecule has 2 aromatic heterocycles. The molecule has 4 aromatic carbocycles.